The van der Waals surface area contributed by atoms with Crippen LogP contribution in [0, 0.1) is 0 Å². The van der Waals surface area contributed by atoms with Gasteiger partial charge in [-0.2, -0.15) is 0 Å². The first kappa shape index (κ1) is 12.4. The van der Waals surface area contributed by atoms with Crippen LogP contribution >= 0.6 is 23.4 Å². The molecule has 3 aromatic heterocycles. The molecule has 3 heterocycles. The van der Waals surface area contributed by atoms with E-state index in [-0.39, 0.29) is 0 Å². The zero-order valence-electron chi connectivity index (χ0n) is 10.2. The third kappa shape index (κ3) is 2.57. The van der Waals surface area contributed by atoms with E-state index in [1.54, 1.807) is 16.4 Å². The van der Waals surface area contributed by atoms with Crippen LogP contribution in [-0.2, 0) is 12.3 Å². The lowest BCUT2D eigenvalue weighted by Gasteiger charge is -1.98. The van der Waals surface area contributed by atoms with E-state index in [4.69, 9.17) is 11.6 Å². The van der Waals surface area contributed by atoms with Gasteiger partial charge < -0.3 is 4.40 Å². The van der Waals surface area contributed by atoms with Gasteiger partial charge in [0.2, 0.25) is 5.16 Å². The van der Waals surface area contributed by atoms with Crippen molar-refractivity contribution in [3.05, 3.63) is 35.2 Å². The van der Waals surface area contributed by atoms with Crippen molar-refractivity contribution in [1.29, 1.82) is 0 Å². The topological polar surface area (TPSA) is 60.9 Å². The lowest BCUT2D eigenvalue weighted by atomic mass is 10.5. The molecule has 98 valence electrons. The quantitative estimate of drug-likeness (QED) is 0.691. The predicted octanol–water partition coefficient (Wildman–Crippen LogP) is 2.29. The fourth-order valence-electron chi connectivity index (χ4n) is 1.72. The van der Waals surface area contributed by atoms with E-state index in [2.05, 4.69) is 20.5 Å². The van der Waals surface area contributed by atoms with Crippen LogP contribution in [0.15, 0.2) is 29.7 Å². The molecule has 0 saturated carbocycles. The summed E-state index contributed by atoms with van der Waals surface area (Å²) in [7, 11) is 0. The van der Waals surface area contributed by atoms with E-state index >= 15 is 0 Å². The summed E-state index contributed by atoms with van der Waals surface area (Å²) in [6.45, 7) is 2.77. The maximum Gasteiger partial charge on any atom is 0.209 e. The van der Waals surface area contributed by atoms with Gasteiger partial charge in [-0.3, -0.25) is 0 Å². The second-order valence-corrected chi connectivity index (χ2v) is 5.29. The highest BCUT2D eigenvalue weighted by atomic mass is 35.5. The Morgan fingerprint density at radius 1 is 1.32 bits per heavy atom. The molecule has 0 aliphatic heterocycles. The van der Waals surface area contributed by atoms with Gasteiger partial charge in [0.05, 0.1) is 10.7 Å². The first-order valence-corrected chi connectivity index (χ1v) is 7.14. The third-order valence-electron chi connectivity index (χ3n) is 2.61. The molecule has 0 saturated heterocycles. The monoisotopic (exact) mass is 294 g/mol. The highest BCUT2D eigenvalue weighted by Gasteiger charge is 2.07. The van der Waals surface area contributed by atoms with Crippen molar-refractivity contribution in [2.45, 2.75) is 24.4 Å². The summed E-state index contributed by atoms with van der Waals surface area (Å²) in [5, 5.41) is 13.0. The van der Waals surface area contributed by atoms with Crippen molar-refractivity contribution in [3.8, 4) is 0 Å². The molecule has 3 rings (SSSR count). The van der Waals surface area contributed by atoms with Crippen molar-refractivity contribution < 1.29 is 0 Å². The minimum atomic E-state index is 0.694. The number of imidazole rings is 1. The summed E-state index contributed by atoms with van der Waals surface area (Å²) in [6, 6.07) is 3.73. The van der Waals surface area contributed by atoms with Gasteiger partial charge in [-0.05, 0) is 29.5 Å². The molecule has 0 radical (unpaired) electrons. The number of fused-ring (bicyclic) bond motifs is 1. The van der Waals surface area contributed by atoms with Gasteiger partial charge in [0.15, 0.2) is 0 Å². The Hall–Kier alpha value is -1.60. The summed E-state index contributed by atoms with van der Waals surface area (Å²) >= 11 is 7.51. The van der Waals surface area contributed by atoms with E-state index in [1.165, 1.54) is 0 Å². The minimum absolute atomic E-state index is 0.694. The van der Waals surface area contributed by atoms with E-state index in [0.717, 1.165) is 28.8 Å². The average molecular weight is 295 g/mol. The first-order valence-electron chi connectivity index (χ1n) is 5.78. The second-order valence-electron chi connectivity index (χ2n) is 3.91. The van der Waals surface area contributed by atoms with Crippen LogP contribution in [0.3, 0.4) is 0 Å². The van der Waals surface area contributed by atoms with Crippen molar-refractivity contribution in [1.82, 2.24) is 29.6 Å². The number of thioether (sulfide) groups is 1. The Bertz CT molecular complexity index is 706. The van der Waals surface area contributed by atoms with Crippen molar-refractivity contribution >= 4 is 29.0 Å². The van der Waals surface area contributed by atoms with Crippen LogP contribution < -0.4 is 0 Å². The Labute approximate surface area is 118 Å². The number of hydrogen-bond donors (Lipinski definition) is 0. The smallest absolute Gasteiger partial charge is 0.209 e. The molecule has 8 heteroatoms. The fourth-order valence-corrected chi connectivity index (χ4v) is 2.72. The van der Waals surface area contributed by atoms with Gasteiger partial charge in [0.25, 0.3) is 0 Å². The van der Waals surface area contributed by atoms with E-state index in [0.29, 0.717) is 5.02 Å². The van der Waals surface area contributed by atoms with Gasteiger partial charge in [-0.15, -0.1) is 5.10 Å². The van der Waals surface area contributed by atoms with E-state index < -0.39 is 0 Å². The number of nitrogens with zero attached hydrogens (tertiary/aromatic N) is 6. The summed E-state index contributed by atoms with van der Waals surface area (Å²) in [6.07, 6.45) is 3.81. The molecule has 0 unspecified atom stereocenters. The standard InChI is InChI=1S/C11H11ClN6S/c1-2-18-11(14-15-16-18)19-7-9-6-17-5-8(12)3-4-10(17)13-9/h3-6H,2,7H2,1H3. The predicted molar refractivity (Wildman–Crippen MR) is 73.3 cm³/mol. The number of pyridine rings is 1. The maximum absolute atomic E-state index is 5.94. The fraction of sp³-hybridized carbons (Fsp3) is 0.273. The molecule has 0 fully saturated rings. The average Bonchev–Trinajstić information content (AvgIpc) is 3.01. The zero-order chi connectivity index (χ0) is 13.2. The van der Waals surface area contributed by atoms with Gasteiger partial charge in [0, 0.05) is 24.7 Å². The number of halogens is 1. The summed E-state index contributed by atoms with van der Waals surface area (Å²) in [5.41, 5.74) is 1.85. The molecule has 0 N–H and O–H groups in total. The SMILES string of the molecule is CCn1nnnc1SCc1cn2cc(Cl)ccc2n1. The molecule has 3 aromatic rings. The molecule has 0 aliphatic carbocycles. The number of aromatic nitrogens is 6. The Kier molecular flexibility index (Phi) is 3.39. The largest absolute Gasteiger partial charge is 0.305 e. The van der Waals surface area contributed by atoms with Gasteiger partial charge in [0.1, 0.15) is 5.65 Å². The van der Waals surface area contributed by atoms with Crippen LogP contribution in [0.2, 0.25) is 5.02 Å². The number of tetrazole rings is 1. The van der Waals surface area contributed by atoms with Gasteiger partial charge in [-0.1, -0.05) is 23.4 Å². The summed E-state index contributed by atoms with van der Waals surface area (Å²) in [4.78, 5) is 4.51. The molecular formula is C11H11ClN6S. The summed E-state index contributed by atoms with van der Waals surface area (Å²) < 4.78 is 3.68. The Balaban J connectivity index is 1.78. The molecule has 6 nitrogen and oxygen atoms in total. The van der Waals surface area contributed by atoms with Crippen molar-refractivity contribution in [2.75, 3.05) is 0 Å². The van der Waals surface area contributed by atoms with E-state index in [1.807, 2.05) is 35.9 Å². The van der Waals surface area contributed by atoms with Gasteiger partial charge >= 0.3 is 0 Å². The second kappa shape index (κ2) is 5.18. The first-order chi connectivity index (χ1) is 9.26. The maximum atomic E-state index is 5.94. The van der Waals surface area contributed by atoms with Crippen LogP contribution in [0.25, 0.3) is 5.65 Å². The molecular weight excluding hydrogens is 284 g/mol. The molecule has 0 bridgehead atoms. The zero-order valence-corrected chi connectivity index (χ0v) is 11.8. The molecule has 0 spiro atoms. The van der Waals surface area contributed by atoms with Crippen LogP contribution in [0.5, 0.6) is 0 Å². The minimum Gasteiger partial charge on any atom is -0.305 e. The lowest BCUT2D eigenvalue weighted by Crippen LogP contribution is -1.98. The molecule has 0 atom stereocenters. The normalized spacial score (nSPS) is 11.3. The number of aryl methyl sites for hydroxylation is 1. The molecule has 0 aromatic carbocycles. The highest BCUT2D eigenvalue weighted by molar-refractivity contribution is 7.98. The van der Waals surface area contributed by atoms with Crippen molar-refractivity contribution in [3.63, 3.8) is 0 Å². The Morgan fingerprint density at radius 3 is 3.05 bits per heavy atom. The van der Waals surface area contributed by atoms with Crippen molar-refractivity contribution in [2.24, 2.45) is 0 Å². The van der Waals surface area contributed by atoms with Crippen LogP contribution in [0.1, 0.15) is 12.6 Å². The highest BCUT2D eigenvalue weighted by Crippen LogP contribution is 2.20. The van der Waals surface area contributed by atoms with Crippen LogP contribution in [-0.4, -0.2) is 29.6 Å². The third-order valence-corrected chi connectivity index (χ3v) is 3.83. The lowest BCUT2D eigenvalue weighted by molar-refractivity contribution is 0.581. The molecule has 19 heavy (non-hydrogen) atoms. The van der Waals surface area contributed by atoms with Gasteiger partial charge in [-0.25, -0.2) is 9.67 Å². The molecule has 0 aliphatic rings. The Morgan fingerprint density at radius 2 is 2.21 bits per heavy atom. The molecule has 0 amide bonds. The number of hydrogen-bond acceptors (Lipinski definition) is 5. The number of rotatable bonds is 4. The van der Waals surface area contributed by atoms with E-state index in [9.17, 15) is 0 Å². The van der Waals surface area contributed by atoms with Crippen LogP contribution in [0.4, 0.5) is 0 Å². The summed E-state index contributed by atoms with van der Waals surface area (Å²) in [5.74, 6) is 0.722.